The average Bonchev–Trinajstić information content (AvgIpc) is 1.82. The van der Waals surface area contributed by atoms with Crippen molar-refractivity contribution in [3.63, 3.8) is 0 Å². The molecular weight excluding hydrogens is 1020 g/mol. The van der Waals surface area contributed by atoms with Gasteiger partial charge in [-0.3, -0.25) is 0 Å². The van der Waals surface area contributed by atoms with Gasteiger partial charge in [0, 0.05) is 16.2 Å². The maximum absolute atomic E-state index is 2.52. The van der Waals surface area contributed by atoms with E-state index in [9.17, 15) is 0 Å². The third-order valence-corrected chi connectivity index (χ3v) is 20.3. The van der Waals surface area contributed by atoms with Crippen LogP contribution in [0.5, 0.6) is 0 Å². The first-order chi connectivity index (χ1) is 41.4. The number of fused-ring (bicyclic) bond motifs is 13. The van der Waals surface area contributed by atoms with Gasteiger partial charge in [-0.05, 0) is 213 Å². The minimum Gasteiger partial charge on any atom is -0.0622 e. The van der Waals surface area contributed by atoms with Crippen LogP contribution in [0.15, 0.2) is 267 Å². The van der Waals surface area contributed by atoms with Crippen LogP contribution in [0.4, 0.5) is 0 Å². The fraction of sp³-hybridized carbons (Fsp3) is 0.106. The second kappa shape index (κ2) is 18.1. The molecule has 0 saturated carbocycles. The third kappa shape index (κ3) is 7.16. The van der Waals surface area contributed by atoms with E-state index in [1.807, 2.05) is 0 Å². The third-order valence-electron chi connectivity index (χ3n) is 20.3. The summed E-state index contributed by atoms with van der Waals surface area (Å²) in [5.41, 5.74) is 31.0. The summed E-state index contributed by atoms with van der Waals surface area (Å²) < 4.78 is 0. The standard InChI is InChI=1S/C85H62/c1-83(2)73-45-53(51-21-9-7-10-22-51)33-39-59(73)62-42-37-57(49-76(62)83)81-69-29-17-19-31-71(69)82(72-32-20-18-30-70(72)81)58-38-44-64-61-41-35-55(47-75(61)85(5,6)78(64)50-58)54-34-40-60-63-43-36-56(48-77(63)84(3,4)74(60)46-54)80-67-27-15-13-25-65(67)79(52-23-11-8-12-24-52)66-26-14-16-28-68(66)80/h7-50H,1-6H3. The molecule has 0 unspecified atom stereocenters. The van der Waals surface area contributed by atoms with Crippen molar-refractivity contribution in [2.75, 3.05) is 0 Å². The highest BCUT2D eigenvalue weighted by Crippen LogP contribution is 2.57. The van der Waals surface area contributed by atoms with E-state index in [2.05, 4.69) is 308 Å². The summed E-state index contributed by atoms with van der Waals surface area (Å²) in [7, 11) is 0. The highest BCUT2D eigenvalue weighted by atomic mass is 14.4. The molecule has 0 spiro atoms. The van der Waals surface area contributed by atoms with E-state index in [4.69, 9.17) is 0 Å². The Labute approximate surface area is 498 Å². The molecule has 85 heavy (non-hydrogen) atoms. The molecule has 14 aromatic rings. The van der Waals surface area contributed by atoms with Gasteiger partial charge in [0.05, 0.1) is 0 Å². The fourth-order valence-corrected chi connectivity index (χ4v) is 16.0. The number of hydrogen-bond donors (Lipinski definition) is 0. The van der Waals surface area contributed by atoms with Gasteiger partial charge in [-0.1, -0.05) is 272 Å². The summed E-state index contributed by atoms with van der Waals surface area (Å²) >= 11 is 0. The molecule has 0 N–H and O–H groups in total. The maximum Gasteiger partial charge on any atom is 0.0159 e. The molecule has 0 nitrogen and oxygen atoms in total. The summed E-state index contributed by atoms with van der Waals surface area (Å²) in [5, 5.41) is 10.2. The largest absolute Gasteiger partial charge is 0.0622 e. The van der Waals surface area contributed by atoms with Crippen molar-refractivity contribution in [1.82, 2.24) is 0 Å². The molecule has 0 fully saturated rings. The lowest BCUT2D eigenvalue weighted by molar-refractivity contribution is 0.660. The van der Waals surface area contributed by atoms with Crippen molar-refractivity contribution >= 4 is 43.1 Å². The molecule has 0 aliphatic heterocycles. The van der Waals surface area contributed by atoms with Gasteiger partial charge >= 0.3 is 0 Å². The van der Waals surface area contributed by atoms with Crippen LogP contribution >= 0.6 is 0 Å². The highest BCUT2D eigenvalue weighted by molar-refractivity contribution is 6.23. The summed E-state index contributed by atoms with van der Waals surface area (Å²) in [5.74, 6) is 0. The molecule has 0 heteroatoms. The number of benzene rings is 14. The van der Waals surface area contributed by atoms with E-state index in [0.29, 0.717) is 0 Å². The molecular formula is C85H62. The predicted octanol–water partition coefficient (Wildman–Crippen LogP) is 23.2. The molecule has 0 saturated heterocycles. The van der Waals surface area contributed by atoms with Gasteiger partial charge in [0.25, 0.3) is 0 Å². The lowest BCUT2D eigenvalue weighted by Gasteiger charge is -2.24. The first-order valence-electron chi connectivity index (χ1n) is 30.3. The molecule has 3 aliphatic carbocycles. The molecule has 0 amide bonds. The summed E-state index contributed by atoms with van der Waals surface area (Å²) in [6.07, 6.45) is 0. The lowest BCUT2D eigenvalue weighted by Crippen LogP contribution is -2.15. The van der Waals surface area contributed by atoms with Crippen molar-refractivity contribution in [3.05, 3.63) is 300 Å². The lowest BCUT2D eigenvalue weighted by atomic mass is 9.78. The molecule has 0 radical (unpaired) electrons. The molecule has 0 bridgehead atoms. The Hall–Kier alpha value is -9.88. The van der Waals surface area contributed by atoms with E-state index < -0.39 is 0 Å². The molecule has 0 atom stereocenters. The van der Waals surface area contributed by atoms with Crippen LogP contribution in [0.25, 0.3) is 143 Å². The van der Waals surface area contributed by atoms with Gasteiger partial charge in [-0.15, -0.1) is 0 Å². The normalized spacial score (nSPS) is 14.5. The van der Waals surface area contributed by atoms with Crippen molar-refractivity contribution in [3.8, 4) is 100 Å². The highest BCUT2D eigenvalue weighted by Gasteiger charge is 2.40. The van der Waals surface area contributed by atoms with Crippen molar-refractivity contribution < 1.29 is 0 Å². The van der Waals surface area contributed by atoms with Gasteiger partial charge in [-0.25, -0.2) is 0 Å². The van der Waals surface area contributed by atoms with Crippen LogP contribution in [0.3, 0.4) is 0 Å². The summed E-state index contributed by atoms with van der Waals surface area (Å²) in [6.45, 7) is 14.5. The Bertz CT molecular complexity index is 5070. The van der Waals surface area contributed by atoms with Crippen molar-refractivity contribution in [2.24, 2.45) is 0 Å². The van der Waals surface area contributed by atoms with Gasteiger partial charge < -0.3 is 0 Å². The van der Waals surface area contributed by atoms with Gasteiger partial charge in [0.2, 0.25) is 0 Å². The molecule has 0 heterocycles. The minimum absolute atomic E-state index is 0.159. The van der Waals surface area contributed by atoms with Crippen molar-refractivity contribution in [1.29, 1.82) is 0 Å². The zero-order chi connectivity index (χ0) is 57.1. The van der Waals surface area contributed by atoms with Crippen LogP contribution in [-0.4, -0.2) is 0 Å². The van der Waals surface area contributed by atoms with Crippen LogP contribution in [-0.2, 0) is 16.2 Å². The van der Waals surface area contributed by atoms with Crippen LogP contribution < -0.4 is 0 Å². The zero-order valence-corrected chi connectivity index (χ0v) is 48.9. The van der Waals surface area contributed by atoms with Gasteiger partial charge in [-0.2, -0.15) is 0 Å². The number of rotatable bonds is 6. The average molecular weight is 1080 g/mol. The quantitative estimate of drug-likeness (QED) is 0.146. The molecule has 0 aromatic heterocycles. The van der Waals surface area contributed by atoms with Gasteiger partial charge in [0.15, 0.2) is 0 Å². The first-order valence-corrected chi connectivity index (χ1v) is 30.3. The maximum atomic E-state index is 2.52. The summed E-state index contributed by atoms with van der Waals surface area (Å²) in [4.78, 5) is 0. The van der Waals surface area contributed by atoms with E-state index in [1.165, 1.54) is 177 Å². The Morgan fingerprint density at radius 2 is 0.353 bits per heavy atom. The Balaban J connectivity index is 0.718. The molecule has 3 aliphatic rings. The van der Waals surface area contributed by atoms with Crippen molar-refractivity contribution in [2.45, 2.75) is 57.8 Å². The van der Waals surface area contributed by atoms with E-state index in [1.54, 1.807) is 0 Å². The topological polar surface area (TPSA) is 0 Å². The second-order valence-electron chi connectivity index (χ2n) is 25.9. The van der Waals surface area contributed by atoms with Crippen LogP contribution in [0.1, 0.15) is 74.9 Å². The summed E-state index contributed by atoms with van der Waals surface area (Å²) in [6, 6.07) is 101. The molecule has 17 rings (SSSR count). The predicted molar refractivity (Wildman–Crippen MR) is 362 cm³/mol. The second-order valence-corrected chi connectivity index (χ2v) is 25.9. The molecule has 402 valence electrons. The van der Waals surface area contributed by atoms with E-state index in [0.717, 1.165) is 0 Å². The zero-order valence-electron chi connectivity index (χ0n) is 48.9. The van der Waals surface area contributed by atoms with Crippen LogP contribution in [0, 0.1) is 0 Å². The first kappa shape index (κ1) is 49.7. The number of hydrogen-bond acceptors (Lipinski definition) is 0. The fourth-order valence-electron chi connectivity index (χ4n) is 16.0. The Morgan fingerprint density at radius 3 is 0.612 bits per heavy atom. The smallest absolute Gasteiger partial charge is 0.0159 e. The minimum atomic E-state index is -0.227. The van der Waals surface area contributed by atoms with Gasteiger partial charge in [0.1, 0.15) is 0 Å². The Morgan fingerprint density at radius 1 is 0.165 bits per heavy atom. The monoisotopic (exact) mass is 1080 g/mol. The Kier molecular flexibility index (Phi) is 10.6. The van der Waals surface area contributed by atoms with E-state index in [-0.39, 0.29) is 16.2 Å². The SMILES string of the molecule is CC1(C)c2cc(-c3ccc4c(c3)C(C)(C)c3cc(-c5c6ccccc6c(-c6ccc7c(c6)C(C)(C)c6cc(-c8ccccc8)ccc6-7)c6ccccc56)ccc3-4)ccc2-c2ccc(-c3c4ccccc4c(-c4ccccc4)c4ccccc34)cc21. The van der Waals surface area contributed by atoms with E-state index >= 15 is 0 Å². The van der Waals surface area contributed by atoms with Crippen LogP contribution in [0.2, 0.25) is 0 Å². The molecule has 14 aromatic carbocycles.